The summed E-state index contributed by atoms with van der Waals surface area (Å²) in [4.78, 5) is 16.5. The van der Waals surface area contributed by atoms with Crippen LogP contribution >= 0.6 is 11.6 Å². The zero-order valence-corrected chi connectivity index (χ0v) is 14.3. The summed E-state index contributed by atoms with van der Waals surface area (Å²) in [5, 5.41) is 3.75. The van der Waals surface area contributed by atoms with Crippen LogP contribution < -0.4 is 5.32 Å². The molecule has 22 heavy (non-hydrogen) atoms. The van der Waals surface area contributed by atoms with Crippen LogP contribution in [0.25, 0.3) is 0 Å². The first-order chi connectivity index (χ1) is 10.5. The van der Waals surface area contributed by atoms with E-state index in [1.807, 2.05) is 29.2 Å². The Labute approximate surface area is 138 Å². The van der Waals surface area contributed by atoms with Gasteiger partial charge in [-0.3, -0.25) is 4.90 Å². The molecule has 2 rings (SSSR count). The normalized spacial score (nSPS) is 16.1. The summed E-state index contributed by atoms with van der Waals surface area (Å²) in [6.07, 6.45) is 0.830. The first-order valence-electron chi connectivity index (χ1n) is 8.04. The Morgan fingerprint density at radius 3 is 2.41 bits per heavy atom. The van der Waals surface area contributed by atoms with Crippen molar-refractivity contribution >= 4 is 17.6 Å². The van der Waals surface area contributed by atoms with Crippen LogP contribution in [0.5, 0.6) is 0 Å². The topological polar surface area (TPSA) is 35.6 Å². The quantitative estimate of drug-likeness (QED) is 0.904. The number of carbonyl (C=O) groups excluding carboxylic acids is 1. The van der Waals surface area contributed by atoms with Crippen molar-refractivity contribution in [3.8, 4) is 0 Å². The fourth-order valence-corrected chi connectivity index (χ4v) is 2.85. The van der Waals surface area contributed by atoms with Crippen molar-refractivity contribution in [1.82, 2.24) is 15.1 Å². The van der Waals surface area contributed by atoms with Gasteiger partial charge in [-0.1, -0.05) is 37.6 Å². The Morgan fingerprint density at radius 1 is 1.18 bits per heavy atom. The molecule has 1 aromatic carbocycles. The zero-order valence-electron chi connectivity index (χ0n) is 13.5. The number of hydrogen-bond acceptors (Lipinski definition) is 2. The van der Waals surface area contributed by atoms with Crippen molar-refractivity contribution in [3.63, 3.8) is 0 Å². The van der Waals surface area contributed by atoms with Crippen LogP contribution in [-0.4, -0.2) is 55.1 Å². The molecule has 4 nitrogen and oxygen atoms in total. The number of benzene rings is 1. The van der Waals surface area contributed by atoms with Crippen molar-refractivity contribution in [2.45, 2.75) is 20.3 Å². The molecule has 0 unspecified atom stereocenters. The predicted molar refractivity (Wildman–Crippen MR) is 91.4 cm³/mol. The predicted octanol–water partition coefficient (Wildman–Crippen LogP) is 2.87. The van der Waals surface area contributed by atoms with E-state index in [4.69, 9.17) is 11.6 Å². The van der Waals surface area contributed by atoms with Gasteiger partial charge in [-0.15, -0.1) is 0 Å². The Morgan fingerprint density at radius 2 is 1.82 bits per heavy atom. The van der Waals surface area contributed by atoms with E-state index >= 15 is 0 Å². The van der Waals surface area contributed by atoms with Crippen LogP contribution in [0, 0.1) is 5.92 Å². The van der Waals surface area contributed by atoms with Crippen molar-refractivity contribution in [2.75, 3.05) is 39.3 Å². The standard InChI is InChI=1S/C17H26ClN3O/c1-14(2)13-20-9-11-21(12-10-20)17(22)19-8-7-15-3-5-16(18)6-4-15/h3-6,14H,7-13H2,1-2H3,(H,19,22). The number of rotatable bonds is 5. The van der Waals surface area contributed by atoms with E-state index in [0.717, 1.165) is 44.2 Å². The summed E-state index contributed by atoms with van der Waals surface area (Å²) in [7, 11) is 0. The first kappa shape index (κ1) is 17.1. The van der Waals surface area contributed by atoms with Gasteiger partial charge in [0.15, 0.2) is 0 Å². The van der Waals surface area contributed by atoms with Crippen LogP contribution in [0.1, 0.15) is 19.4 Å². The average Bonchev–Trinajstić information content (AvgIpc) is 2.49. The highest BCUT2D eigenvalue weighted by atomic mass is 35.5. The van der Waals surface area contributed by atoms with Gasteiger partial charge in [-0.05, 0) is 30.0 Å². The van der Waals surface area contributed by atoms with E-state index < -0.39 is 0 Å². The van der Waals surface area contributed by atoms with Gasteiger partial charge in [-0.2, -0.15) is 0 Å². The Bertz CT molecular complexity index is 467. The van der Waals surface area contributed by atoms with E-state index in [1.165, 1.54) is 5.56 Å². The summed E-state index contributed by atoms with van der Waals surface area (Å²) >= 11 is 5.86. The van der Waals surface area contributed by atoms with Gasteiger partial charge >= 0.3 is 6.03 Å². The van der Waals surface area contributed by atoms with Crippen LogP contribution in [0.3, 0.4) is 0 Å². The third-order valence-electron chi connectivity index (χ3n) is 3.89. The SMILES string of the molecule is CC(C)CN1CCN(C(=O)NCCc2ccc(Cl)cc2)CC1. The minimum Gasteiger partial charge on any atom is -0.338 e. The smallest absolute Gasteiger partial charge is 0.317 e. The molecule has 2 amide bonds. The van der Waals surface area contributed by atoms with Gasteiger partial charge in [-0.25, -0.2) is 4.79 Å². The van der Waals surface area contributed by atoms with E-state index in [2.05, 4.69) is 24.1 Å². The molecule has 0 spiro atoms. The molecule has 1 saturated heterocycles. The first-order valence-corrected chi connectivity index (χ1v) is 8.42. The van der Waals surface area contributed by atoms with Crippen molar-refractivity contribution in [3.05, 3.63) is 34.9 Å². The van der Waals surface area contributed by atoms with Crippen molar-refractivity contribution < 1.29 is 4.79 Å². The molecule has 122 valence electrons. The number of urea groups is 1. The lowest BCUT2D eigenvalue weighted by atomic mass is 10.1. The van der Waals surface area contributed by atoms with Gasteiger partial charge in [0.2, 0.25) is 0 Å². The maximum absolute atomic E-state index is 12.1. The number of carbonyl (C=O) groups is 1. The Kier molecular flexibility index (Phi) is 6.52. The van der Waals surface area contributed by atoms with Gasteiger partial charge in [0.25, 0.3) is 0 Å². The number of hydrogen-bond donors (Lipinski definition) is 1. The minimum atomic E-state index is 0.0539. The van der Waals surface area contributed by atoms with Crippen molar-refractivity contribution in [2.24, 2.45) is 5.92 Å². The number of nitrogens with one attached hydrogen (secondary N) is 1. The number of piperazine rings is 1. The summed E-state index contributed by atoms with van der Waals surface area (Å²) in [5.74, 6) is 0.680. The molecule has 0 bridgehead atoms. The van der Waals surface area contributed by atoms with E-state index in [1.54, 1.807) is 0 Å². The third kappa shape index (κ3) is 5.50. The Hall–Kier alpha value is -1.26. The highest BCUT2D eigenvalue weighted by Gasteiger charge is 2.20. The molecule has 5 heteroatoms. The molecule has 0 atom stereocenters. The van der Waals surface area contributed by atoms with E-state index in [0.29, 0.717) is 12.5 Å². The molecule has 1 heterocycles. The second-order valence-electron chi connectivity index (χ2n) is 6.29. The lowest BCUT2D eigenvalue weighted by molar-refractivity contribution is 0.131. The highest BCUT2D eigenvalue weighted by Crippen LogP contribution is 2.10. The molecule has 1 aliphatic rings. The van der Waals surface area contributed by atoms with E-state index in [9.17, 15) is 4.79 Å². The lowest BCUT2D eigenvalue weighted by Gasteiger charge is -2.35. The Balaban J connectivity index is 1.67. The van der Waals surface area contributed by atoms with Crippen LogP contribution in [0.4, 0.5) is 4.79 Å². The fourth-order valence-electron chi connectivity index (χ4n) is 2.73. The zero-order chi connectivity index (χ0) is 15.9. The summed E-state index contributed by atoms with van der Waals surface area (Å²) in [5.41, 5.74) is 1.19. The molecule has 1 fully saturated rings. The monoisotopic (exact) mass is 323 g/mol. The van der Waals surface area contributed by atoms with Crippen LogP contribution in [0.15, 0.2) is 24.3 Å². The van der Waals surface area contributed by atoms with E-state index in [-0.39, 0.29) is 6.03 Å². The third-order valence-corrected chi connectivity index (χ3v) is 4.14. The maximum Gasteiger partial charge on any atom is 0.317 e. The molecule has 0 radical (unpaired) electrons. The fraction of sp³-hybridized carbons (Fsp3) is 0.588. The molecule has 1 aromatic rings. The molecule has 0 aliphatic carbocycles. The highest BCUT2D eigenvalue weighted by molar-refractivity contribution is 6.30. The van der Waals surface area contributed by atoms with Crippen LogP contribution in [0.2, 0.25) is 5.02 Å². The summed E-state index contributed by atoms with van der Waals surface area (Å²) < 4.78 is 0. The second-order valence-corrected chi connectivity index (χ2v) is 6.73. The number of nitrogens with zero attached hydrogens (tertiary/aromatic N) is 2. The molecular weight excluding hydrogens is 298 g/mol. The average molecular weight is 324 g/mol. The van der Waals surface area contributed by atoms with Gasteiger partial charge in [0, 0.05) is 44.3 Å². The molecule has 1 aliphatic heterocycles. The second kappa shape index (κ2) is 8.39. The molecule has 0 aromatic heterocycles. The summed E-state index contributed by atoms with van der Waals surface area (Å²) in [6, 6.07) is 7.82. The molecule has 0 saturated carbocycles. The minimum absolute atomic E-state index is 0.0539. The maximum atomic E-state index is 12.1. The number of halogens is 1. The molecular formula is C17H26ClN3O. The van der Waals surface area contributed by atoms with Gasteiger partial charge in [0.05, 0.1) is 0 Å². The lowest BCUT2D eigenvalue weighted by Crippen LogP contribution is -2.52. The summed E-state index contributed by atoms with van der Waals surface area (Å²) in [6.45, 7) is 9.83. The van der Waals surface area contributed by atoms with Gasteiger partial charge in [0.1, 0.15) is 0 Å². The van der Waals surface area contributed by atoms with Gasteiger partial charge < -0.3 is 10.2 Å². The van der Waals surface area contributed by atoms with Crippen molar-refractivity contribution in [1.29, 1.82) is 0 Å². The largest absolute Gasteiger partial charge is 0.338 e. The number of amides is 2. The molecule has 1 N–H and O–H groups in total. The van der Waals surface area contributed by atoms with Crippen LogP contribution in [-0.2, 0) is 6.42 Å².